The van der Waals surface area contributed by atoms with E-state index >= 15 is 0 Å². The van der Waals surface area contributed by atoms with Crippen LogP contribution in [0.5, 0.6) is 5.75 Å². The minimum atomic E-state index is -0.354. The van der Waals surface area contributed by atoms with Crippen LogP contribution >= 0.6 is 12.2 Å². The van der Waals surface area contributed by atoms with E-state index in [0.717, 1.165) is 22.3 Å². The van der Waals surface area contributed by atoms with Gasteiger partial charge < -0.3 is 10.5 Å². The molecule has 0 saturated heterocycles. The lowest BCUT2D eigenvalue weighted by atomic mass is 10.1. The summed E-state index contributed by atoms with van der Waals surface area (Å²) in [6, 6.07) is 10.5. The van der Waals surface area contributed by atoms with Crippen molar-refractivity contribution < 1.29 is 9.13 Å². The number of rotatable bonds is 4. The second-order valence-electron chi connectivity index (χ2n) is 4.73. The first kappa shape index (κ1) is 14.5. The normalized spacial score (nSPS) is 10.3. The van der Waals surface area contributed by atoms with Gasteiger partial charge >= 0.3 is 0 Å². The van der Waals surface area contributed by atoms with Gasteiger partial charge in [0.2, 0.25) is 0 Å². The zero-order valence-corrected chi connectivity index (χ0v) is 12.3. The third-order valence-corrected chi connectivity index (χ3v) is 3.33. The van der Waals surface area contributed by atoms with Crippen LogP contribution in [0.15, 0.2) is 36.4 Å². The Morgan fingerprint density at radius 3 is 2.60 bits per heavy atom. The molecule has 0 aliphatic heterocycles. The van der Waals surface area contributed by atoms with Crippen LogP contribution in [-0.2, 0) is 6.61 Å². The van der Waals surface area contributed by atoms with Gasteiger partial charge in [-0.15, -0.1) is 0 Å². The summed E-state index contributed by atoms with van der Waals surface area (Å²) in [6.07, 6.45) is 0. The van der Waals surface area contributed by atoms with E-state index in [1.54, 1.807) is 12.1 Å². The maximum Gasteiger partial charge on any atom is 0.165 e. The summed E-state index contributed by atoms with van der Waals surface area (Å²) >= 11 is 4.93. The molecule has 0 aliphatic carbocycles. The summed E-state index contributed by atoms with van der Waals surface area (Å²) in [5.74, 6) is -0.0872. The Hall–Kier alpha value is -1.94. The Bertz CT molecular complexity index is 655. The van der Waals surface area contributed by atoms with E-state index in [9.17, 15) is 4.39 Å². The lowest BCUT2D eigenvalue weighted by molar-refractivity contribution is 0.289. The van der Waals surface area contributed by atoms with Gasteiger partial charge in [-0.3, -0.25) is 0 Å². The van der Waals surface area contributed by atoms with Gasteiger partial charge in [0.1, 0.15) is 11.6 Å². The number of halogens is 1. The molecule has 0 unspecified atom stereocenters. The molecule has 0 atom stereocenters. The second kappa shape index (κ2) is 6.01. The predicted molar refractivity (Wildman–Crippen MR) is 82.5 cm³/mol. The zero-order chi connectivity index (χ0) is 14.7. The number of hydrogen-bond acceptors (Lipinski definition) is 2. The first-order valence-electron chi connectivity index (χ1n) is 6.25. The van der Waals surface area contributed by atoms with Gasteiger partial charge in [0.25, 0.3) is 0 Å². The average Bonchev–Trinajstić information content (AvgIpc) is 2.40. The predicted octanol–water partition coefficient (Wildman–Crippen LogP) is 3.66. The third-order valence-electron chi connectivity index (χ3n) is 3.10. The molecule has 0 saturated carbocycles. The molecule has 0 fully saturated rings. The molecule has 0 amide bonds. The van der Waals surface area contributed by atoms with Crippen LogP contribution in [0, 0.1) is 19.7 Å². The van der Waals surface area contributed by atoms with Crippen molar-refractivity contribution >= 4 is 17.2 Å². The van der Waals surface area contributed by atoms with Crippen LogP contribution in [0.2, 0.25) is 0 Å². The minimum Gasteiger partial charge on any atom is -0.486 e. The number of ether oxygens (including phenoxy) is 1. The molecule has 0 bridgehead atoms. The molecule has 0 aliphatic rings. The Morgan fingerprint density at radius 1 is 1.20 bits per heavy atom. The van der Waals surface area contributed by atoms with Crippen LogP contribution in [0.4, 0.5) is 4.39 Å². The molecule has 0 heterocycles. The van der Waals surface area contributed by atoms with Crippen molar-refractivity contribution in [3.8, 4) is 5.75 Å². The summed E-state index contributed by atoms with van der Waals surface area (Å²) in [7, 11) is 0. The van der Waals surface area contributed by atoms with Crippen LogP contribution in [0.25, 0.3) is 0 Å². The van der Waals surface area contributed by atoms with Gasteiger partial charge in [0, 0.05) is 5.56 Å². The first-order valence-corrected chi connectivity index (χ1v) is 6.66. The van der Waals surface area contributed by atoms with Gasteiger partial charge in [-0.05, 0) is 48.7 Å². The monoisotopic (exact) mass is 289 g/mol. The van der Waals surface area contributed by atoms with E-state index < -0.39 is 0 Å². The first-order chi connectivity index (χ1) is 9.47. The highest BCUT2D eigenvalue weighted by atomic mass is 32.1. The van der Waals surface area contributed by atoms with E-state index in [1.807, 2.05) is 32.0 Å². The van der Waals surface area contributed by atoms with E-state index in [0.29, 0.717) is 11.6 Å². The van der Waals surface area contributed by atoms with E-state index in [4.69, 9.17) is 22.7 Å². The molecule has 4 heteroatoms. The number of hydrogen-bond donors (Lipinski definition) is 1. The van der Waals surface area contributed by atoms with Crippen LogP contribution in [-0.4, -0.2) is 4.99 Å². The quantitative estimate of drug-likeness (QED) is 0.873. The van der Waals surface area contributed by atoms with Crippen molar-refractivity contribution in [2.24, 2.45) is 5.73 Å². The summed E-state index contributed by atoms with van der Waals surface area (Å²) < 4.78 is 19.1. The fraction of sp³-hybridized carbons (Fsp3) is 0.188. The van der Waals surface area contributed by atoms with Crippen molar-refractivity contribution in [3.05, 3.63) is 64.5 Å². The summed E-state index contributed by atoms with van der Waals surface area (Å²) in [5.41, 5.74) is 9.36. The minimum absolute atomic E-state index is 0.267. The molecule has 2 aromatic carbocycles. The van der Waals surface area contributed by atoms with Crippen LogP contribution in [0.1, 0.15) is 22.3 Å². The summed E-state index contributed by atoms with van der Waals surface area (Å²) in [4.78, 5) is 0.366. The fourth-order valence-electron chi connectivity index (χ4n) is 1.89. The van der Waals surface area contributed by atoms with Gasteiger partial charge in [-0.1, -0.05) is 30.4 Å². The fourth-order valence-corrected chi connectivity index (χ4v) is 2.01. The summed E-state index contributed by atoms with van der Waals surface area (Å²) in [6.45, 7) is 4.16. The molecular formula is C16H16FNOS. The van der Waals surface area contributed by atoms with Gasteiger partial charge in [0.05, 0.1) is 0 Å². The standard InChI is InChI=1S/C16H16FNOS/c1-10-3-6-14(17)15(7-10)19-9-13-5-4-12(16(18)20)8-11(13)2/h3-8H,9H2,1-2H3,(H2,18,20). The van der Waals surface area contributed by atoms with Gasteiger partial charge in [-0.25, -0.2) is 4.39 Å². The van der Waals surface area contributed by atoms with Crippen molar-refractivity contribution in [2.75, 3.05) is 0 Å². The van der Waals surface area contributed by atoms with Crippen molar-refractivity contribution in [3.63, 3.8) is 0 Å². The summed E-state index contributed by atoms with van der Waals surface area (Å²) in [5, 5.41) is 0. The van der Waals surface area contributed by atoms with Crippen LogP contribution < -0.4 is 10.5 Å². The molecule has 2 rings (SSSR count). The molecule has 0 aromatic heterocycles. The highest BCUT2D eigenvalue weighted by Crippen LogP contribution is 2.21. The molecule has 2 nitrogen and oxygen atoms in total. The second-order valence-corrected chi connectivity index (χ2v) is 5.17. The van der Waals surface area contributed by atoms with Crippen LogP contribution in [0.3, 0.4) is 0 Å². The number of thiocarbonyl (C=S) groups is 1. The molecule has 0 radical (unpaired) electrons. The average molecular weight is 289 g/mol. The number of aryl methyl sites for hydroxylation is 2. The van der Waals surface area contributed by atoms with Gasteiger partial charge in [-0.2, -0.15) is 0 Å². The lowest BCUT2D eigenvalue weighted by Gasteiger charge is -2.11. The molecular weight excluding hydrogens is 273 g/mol. The zero-order valence-electron chi connectivity index (χ0n) is 11.4. The van der Waals surface area contributed by atoms with Crippen molar-refractivity contribution in [2.45, 2.75) is 20.5 Å². The van der Waals surface area contributed by atoms with Crippen molar-refractivity contribution in [1.82, 2.24) is 0 Å². The van der Waals surface area contributed by atoms with E-state index in [2.05, 4.69) is 0 Å². The smallest absolute Gasteiger partial charge is 0.165 e. The largest absolute Gasteiger partial charge is 0.486 e. The Labute approximate surface area is 123 Å². The highest BCUT2D eigenvalue weighted by Gasteiger charge is 2.06. The number of benzene rings is 2. The molecule has 104 valence electrons. The van der Waals surface area contributed by atoms with Crippen molar-refractivity contribution in [1.29, 1.82) is 0 Å². The van der Waals surface area contributed by atoms with E-state index in [1.165, 1.54) is 6.07 Å². The lowest BCUT2D eigenvalue weighted by Crippen LogP contribution is -2.10. The van der Waals surface area contributed by atoms with E-state index in [-0.39, 0.29) is 11.6 Å². The maximum atomic E-state index is 13.6. The van der Waals surface area contributed by atoms with Gasteiger partial charge in [0.15, 0.2) is 11.6 Å². The Balaban J connectivity index is 2.15. The molecule has 0 spiro atoms. The SMILES string of the molecule is Cc1ccc(F)c(OCc2ccc(C(N)=S)cc2C)c1. The third kappa shape index (κ3) is 3.33. The Morgan fingerprint density at radius 2 is 1.95 bits per heavy atom. The Kier molecular flexibility index (Phi) is 4.35. The number of nitrogens with two attached hydrogens (primary N) is 1. The highest BCUT2D eigenvalue weighted by molar-refractivity contribution is 7.80. The maximum absolute atomic E-state index is 13.6. The molecule has 20 heavy (non-hydrogen) atoms. The topological polar surface area (TPSA) is 35.2 Å². The molecule has 2 N–H and O–H groups in total. The molecule has 2 aromatic rings.